The maximum absolute atomic E-state index is 10.8. The van der Waals surface area contributed by atoms with Crippen molar-refractivity contribution in [3.8, 4) is 11.8 Å². The molecule has 0 saturated carbocycles. The van der Waals surface area contributed by atoms with Crippen LogP contribution in [-0.2, 0) is 6.54 Å². The van der Waals surface area contributed by atoms with E-state index in [4.69, 9.17) is 9.47 Å². The Hall–Kier alpha value is -2.23. The number of hydrogen-bond acceptors (Lipinski definition) is 7. The molecule has 4 rings (SSSR count). The van der Waals surface area contributed by atoms with Gasteiger partial charge in [0, 0.05) is 36.9 Å². The molecule has 1 N–H and O–H groups in total. The van der Waals surface area contributed by atoms with E-state index in [1.54, 1.807) is 4.57 Å². The summed E-state index contributed by atoms with van der Waals surface area (Å²) in [5.41, 5.74) is 0.587. The summed E-state index contributed by atoms with van der Waals surface area (Å²) in [4.78, 5) is 16.5. The van der Waals surface area contributed by atoms with Gasteiger partial charge in [-0.1, -0.05) is 0 Å². The van der Waals surface area contributed by atoms with Gasteiger partial charge in [0.05, 0.1) is 6.54 Å². The SMILES string of the molecule is CC1(COc2ccc(N3CCNCC3)cc2)Cn2cc([N+](=O)[O-])nc2O1.Cl.Cl. The first-order chi connectivity index (χ1) is 12.5. The van der Waals surface area contributed by atoms with Gasteiger partial charge in [-0.3, -0.25) is 4.57 Å². The van der Waals surface area contributed by atoms with Crippen LogP contribution in [0.25, 0.3) is 0 Å². The molecular formula is C17H23Cl2N5O4. The van der Waals surface area contributed by atoms with E-state index in [0.717, 1.165) is 31.9 Å². The van der Waals surface area contributed by atoms with E-state index in [1.165, 1.54) is 11.9 Å². The van der Waals surface area contributed by atoms with Crippen molar-refractivity contribution in [2.75, 3.05) is 37.7 Å². The number of nitrogens with one attached hydrogen (secondary N) is 1. The average molecular weight is 432 g/mol. The van der Waals surface area contributed by atoms with Gasteiger partial charge in [0.15, 0.2) is 5.60 Å². The molecule has 9 nitrogen and oxygen atoms in total. The standard InChI is InChI=1S/C17H21N5O4.2ClH/c1-17(11-21-10-15(22(23)24)19-16(21)26-17)12-25-14-4-2-13(3-5-14)20-8-6-18-7-9-20;;/h2-5,10,18H,6-9,11-12H2,1H3;2*1H. The van der Waals surface area contributed by atoms with E-state index in [-0.39, 0.29) is 36.6 Å². The van der Waals surface area contributed by atoms with Gasteiger partial charge in [-0.2, -0.15) is 0 Å². The van der Waals surface area contributed by atoms with Crippen molar-refractivity contribution in [3.63, 3.8) is 0 Å². The number of ether oxygens (including phenoxy) is 2. The Morgan fingerprint density at radius 3 is 2.57 bits per heavy atom. The van der Waals surface area contributed by atoms with Gasteiger partial charge < -0.3 is 29.8 Å². The maximum Gasteiger partial charge on any atom is 0.415 e. The molecule has 1 aromatic carbocycles. The van der Waals surface area contributed by atoms with Crippen molar-refractivity contribution in [1.29, 1.82) is 0 Å². The lowest BCUT2D eigenvalue weighted by Gasteiger charge is -2.29. The fourth-order valence-corrected chi connectivity index (χ4v) is 3.27. The minimum atomic E-state index is -0.603. The van der Waals surface area contributed by atoms with Crippen molar-refractivity contribution in [2.45, 2.75) is 19.1 Å². The number of nitrogens with zero attached hydrogens (tertiary/aromatic N) is 4. The first-order valence-corrected chi connectivity index (χ1v) is 8.62. The van der Waals surface area contributed by atoms with Gasteiger partial charge in [-0.25, -0.2) is 0 Å². The molecule has 0 aliphatic carbocycles. The molecule has 1 fully saturated rings. The van der Waals surface area contributed by atoms with Crippen LogP contribution in [0.5, 0.6) is 11.8 Å². The molecular weight excluding hydrogens is 409 g/mol. The van der Waals surface area contributed by atoms with Crippen LogP contribution in [0, 0.1) is 10.1 Å². The molecule has 3 heterocycles. The van der Waals surface area contributed by atoms with Gasteiger partial charge in [0.2, 0.25) is 0 Å². The molecule has 154 valence electrons. The fourth-order valence-electron chi connectivity index (χ4n) is 3.27. The third-order valence-electron chi connectivity index (χ3n) is 4.62. The van der Waals surface area contributed by atoms with Crippen LogP contribution in [0.2, 0.25) is 0 Å². The summed E-state index contributed by atoms with van der Waals surface area (Å²) in [5.74, 6) is 0.565. The molecule has 0 spiro atoms. The number of nitro groups is 1. The highest BCUT2D eigenvalue weighted by Crippen LogP contribution is 2.31. The monoisotopic (exact) mass is 431 g/mol. The van der Waals surface area contributed by atoms with Gasteiger partial charge in [0.25, 0.3) is 0 Å². The zero-order valence-corrected chi connectivity index (χ0v) is 17.0. The van der Waals surface area contributed by atoms with Crippen molar-refractivity contribution in [3.05, 3.63) is 40.6 Å². The Balaban J connectivity index is 0.00000140. The Bertz CT molecular complexity index is 785. The predicted octanol–water partition coefficient (Wildman–Crippen LogP) is 2.27. The summed E-state index contributed by atoms with van der Waals surface area (Å²) in [7, 11) is 0. The van der Waals surface area contributed by atoms with Gasteiger partial charge >= 0.3 is 11.8 Å². The zero-order chi connectivity index (χ0) is 18.1. The highest BCUT2D eigenvalue weighted by Gasteiger charge is 2.41. The second kappa shape index (κ2) is 8.85. The number of halogens is 2. The van der Waals surface area contributed by atoms with Crippen LogP contribution in [0.4, 0.5) is 11.5 Å². The average Bonchev–Trinajstić information content (AvgIpc) is 3.17. The molecule has 11 heteroatoms. The Morgan fingerprint density at radius 2 is 1.96 bits per heavy atom. The summed E-state index contributed by atoms with van der Waals surface area (Å²) < 4.78 is 13.3. The largest absolute Gasteiger partial charge is 0.489 e. The number of hydrogen-bond donors (Lipinski definition) is 1. The Morgan fingerprint density at radius 1 is 1.29 bits per heavy atom. The van der Waals surface area contributed by atoms with Gasteiger partial charge in [-0.15, -0.1) is 24.8 Å². The van der Waals surface area contributed by atoms with Gasteiger partial charge in [0.1, 0.15) is 18.6 Å². The summed E-state index contributed by atoms with van der Waals surface area (Å²) >= 11 is 0. The molecule has 0 radical (unpaired) electrons. The van der Waals surface area contributed by atoms with Crippen molar-refractivity contribution in [1.82, 2.24) is 14.9 Å². The van der Waals surface area contributed by atoms with Crippen LogP contribution in [0.15, 0.2) is 30.5 Å². The number of fused-ring (bicyclic) bond motifs is 1. The number of benzene rings is 1. The highest BCUT2D eigenvalue weighted by molar-refractivity contribution is 5.85. The first-order valence-electron chi connectivity index (χ1n) is 8.62. The second-order valence-corrected chi connectivity index (χ2v) is 6.84. The molecule has 1 saturated heterocycles. The molecule has 2 aliphatic rings. The quantitative estimate of drug-likeness (QED) is 0.572. The summed E-state index contributed by atoms with van der Waals surface area (Å²) in [6.07, 6.45) is 1.39. The fraction of sp³-hybridized carbons (Fsp3) is 0.471. The third-order valence-corrected chi connectivity index (χ3v) is 4.62. The van der Waals surface area contributed by atoms with Crippen molar-refractivity contribution < 1.29 is 14.4 Å². The van der Waals surface area contributed by atoms with Crippen LogP contribution in [0.3, 0.4) is 0 Å². The smallest absolute Gasteiger partial charge is 0.415 e. The van der Waals surface area contributed by atoms with E-state index in [9.17, 15) is 10.1 Å². The molecule has 2 aromatic rings. The molecule has 1 unspecified atom stereocenters. The normalized spacial score (nSPS) is 20.4. The molecule has 0 amide bonds. The zero-order valence-electron chi connectivity index (χ0n) is 15.4. The van der Waals surface area contributed by atoms with E-state index in [0.29, 0.717) is 13.2 Å². The van der Waals surface area contributed by atoms with Crippen LogP contribution in [-0.4, -0.2) is 52.9 Å². The highest BCUT2D eigenvalue weighted by atomic mass is 35.5. The first kappa shape index (κ1) is 22.1. The van der Waals surface area contributed by atoms with E-state index >= 15 is 0 Å². The third kappa shape index (κ3) is 4.60. The minimum absolute atomic E-state index is 0. The van der Waals surface area contributed by atoms with E-state index < -0.39 is 10.5 Å². The lowest BCUT2D eigenvalue weighted by atomic mass is 10.1. The summed E-state index contributed by atoms with van der Waals surface area (Å²) in [6, 6.07) is 8.30. The van der Waals surface area contributed by atoms with Crippen molar-refractivity contribution >= 4 is 36.3 Å². The number of aromatic nitrogens is 2. The molecule has 1 aromatic heterocycles. The van der Waals surface area contributed by atoms with E-state index in [1.807, 2.05) is 19.1 Å². The molecule has 1 atom stereocenters. The predicted molar refractivity (Wildman–Crippen MR) is 109 cm³/mol. The number of piperazine rings is 1. The van der Waals surface area contributed by atoms with E-state index in [2.05, 4.69) is 27.3 Å². The molecule has 2 aliphatic heterocycles. The lowest BCUT2D eigenvalue weighted by molar-refractivity contribution is -0.389. The minimum Gasteiger partial charge on any atom is -0.489 e. The van der Waals surface area contributed by atoms with Crippen LogP contribution < -0.4 is 19.7 Å². The van der Waals surface area contributed by atoms with Crippen LogP contribution in [0.1, 0.15) is 6.92 Å². The van der Waals surface area contributed by atoms with Crippen LogP contribution >= 0.6 is 24.8 Å². The molecule has 28 heavy (non-hydrogen) atoms. The Labute approximate surface area is 175 Å². The number of anilines is 1. The lowest BCUT2D eigenvalue weighted by Crippen LogP contribution is -2.43. The summed E-state index contributed by atoms with van der Waals surface area (Å²) in [5, 5.41) is 14.1. The Kier molecular flexibility index (Phi) is 6.97. The number of imidazole rings is 1. The van der Waals surface area contributed by atoms with Gasteiger partial charge in [-0.05, 0) is 36.1 Å². The summed E-state index contributed by atoms with van der Waals surface area (Å²) in [6.45, 7) is 6.71. The second-order valence-electron chi connectivity index (χ2n) is 6.84. The van der Waals surface area contributed by atoms with Crippen molar-refractivity contribution in [2.24, 2.45) is 0 Å². The topological polar surface area (TPSA) is 94.7 Å². The number of rotatable bonds is 5. The maximum atomic E-state index is 10.8. The molecule has 0 bridgehead atoms.